The molecule has 0 unspecified atom stereocenters. The van der Waals surface area contributed by atoms with Gasteiger partial charge in [-0.25, -0.2) is 4.99 Å². The standard InChI is InChI=1S/C24H36N4O4/c1-7-25-24(26-16-18-9-8-10-20(13-18)32-12-11-28(2)3)27-17-19-14-21(29-4)23(31-6)22(15-19)30-5/h8-10,13-15H,7,11-12,16-17H2,1-6H3,(H2,25,26,27). The van der Waals surface area contributed by atoms with Gasteiger partial charge >= 0.3 is 0 Å². The monoisotopic (exact) mass is 444 g/mol. The van der Waals surface area contributed by atoms with E-state index in [0.717, 1.165) is 35.9 Å². The van der Waals surface area contributed by atoms with E-state index >= 15 is 0 Å². The zero-order valence-electron chi connectivity index (χ0n) is 20.0. The maximum absolute atomic E-state index is 5.83. The van der Waals surface area contributed by atoms with Crippen LogP contribution in [0.2, 0.25) is 0 Å². The van der Waals surface area contributed by atoms with Crippen molar-refractivity contribution in [1.82, 2.24) is 15.5 Å². The molecule has 2 N–H and O–H groups in total. The Morgan fingerprint density at radius 3 is 2.25 bits per heavy atom. The molecule has 0 aliphatic carbocycles. The van der Waals surface area contributed by atoms with Gasteiger partial charge in [0.25, 0.3) is 0 Å². The van der Waals surface area contributed by atoms with Crippen LogP contribution >= 0.6 is 0 Å². The van der Waals surface area contributed by atoms with Crippen molar-refractivity contribution in [3.8, 4) is 23.0 Å². The van der Waals surface area contributed by atoms with Crippen LogP contribution < -0.4 is 29.6 Å². The molecule has 0 bridgehead atoms. The second kappa shape index (κ2) is 13.3. The van der Waals surface area contributed by atoms with Crippen LogP contribution in [0, 0.1) is 0 Å². The Bertz CT molecular complexity index is 846. The molecule has 2 aromatic carbocycles. The second-order valence-electron chi connectivity index (χ2n) is 7.38. The van der Waals surface area contributed by atoms with E-state index in [0.29, 0.717) is 36.9 Å². The third kappa shape index (κ3) is 7.85. The maximum atomic E-state index is 5.83. The Morgan fingerprint density at radius 2 is 1.66 bits per heavy atom. The molecule has 2 aromatic rings. The fraction of sp³-hybridized carbons (Fsp3) is 0.458. The first-order chi connectivity index (χ1) is 15.5. The third-order valence-corrected chi connectivity index (χ3v) is 4.65. The number of guanidine groups is 1. The van der Waals surface area contributed by atoms with Gasteiger partial charge in [-0.1, -0.05) is 12.1 Å². The van der Waals surface area contributed by atoms with E-state index in [1.54, 1.807) is 21.3 Å². The van der Waals surface area contributed by atoms with Crippen LogP contribution in [0.1, 0.15) is 18.1 Å². The van der Waals surface area contributed by atoms with Crippen molar-refractivity contribution in [2.75, 3.05) is 55.1 Å². The number of methoxy groups -OCH3 is 3. The van der Waals surface area contributed by atoms with Crippen LogP contribution in [-0.2, 0) is 13.1 Å². The Kier molecular flexibility index (Phi) is 10.5. The Morgan fingerprint density at radius 1 is 0.938 bits per heavy atom. The lowest BCUT2D eigenvalue weighted by atomic mass is 10.2. The summed E-state index contributed by atoms with van der Waals surface area (Å²) in [7, 11) is 8.86. The van der Waals surface area contributed by atoms with Gasteiger partial charge in [-0.05, 0) is 56.4 Å². The molecule has 32 heavy (non-hydrogen) atoms. The number of likely N-dealkylation sites (N-methyl/N-ethyl adjacent to an activating group) is 1. The van der Waals surface area contributed by atoms with E-state index in [1.807, 2.05) is 51.4 Å². The number of aliphatic imine (C=N–C) groups is 1. The minimum absolute atomic E-state index is 0.458. The van der Waals surface area contributed by atoms with Crippen LogP contribution in [0.3, 0.4) is 0 Å². The highest BCUT2D eigenvalue weighted by Gasteiger charge is 2.13. The van der Waals surface area contributed by atoms with Crippen molar-refractivity contribution in [2.24, 2.45) is 4.99 Å². The summed E-state index contributed by atoms with van der Waals surface area (Å²) in [4.78, 5) is 6.80. The van der Waals surface area contributed by atoms with Gasteiger partial charge in [-0.15, -0.1) is 0 Å². The van der Waals surface area contributed by atoms with Gasteiger partial charge in [0.15, 0.2) is 17.5 Å². The summed E-state index contributed by atoms with van der Waals surface area (Å²) < 4.78 is 22.1. The number of nitrogens with one attached hydrogen (secondary N) is 2. The summed E-state index contributed by atoms with van der Waals surface area (Å²) in [6.07, 6.45) is 0. The van der Waals surface area contributed by atoms with Gasteiger partial charge < -0.3 is 34.5 Å². The molecule has 0 radical (unpaired) electrons. The van der Waals surface area contributed by atoms with Crippen LogP contribution in [0.5, 0.6) is 23.0 Å². The Labute approximate surface area is 191 Å². The minimum Gasteiger partial charge on any atom is -0.493 e. The lowest BCUT2D eigenvalue weighted by Gasteiger charge is -2.15. The van der Waals surface area contributed by atoms with Gasteiger partial charge in [0.05, 0.1) is 27.9 Å². The highest BCUT2D eigenvalue weighted by atomic mass is 16.5. The predicted octanol–water partition coefficient (Wildman–Crippen LogP) is 2.91. The van der Waals surface area contributed by atoms with E-state index in [-0.39, 0.29) is 0 Å². The van der Waals surface area contributed by atoms with E-state index in [4.69, 9.17) is 23.9 Å². The molecule has 0 saturated heterocycles. The van der Waals surface area contributed by atoms with Gasteiger partial charge in [0.2, 0.25) is 5.75 Å². The minimum atomic E-state index is 0.458. The normalized spacial score (nSPS) is 11.3. The van der Waals surface area contributed by atoms with E-state index in [1.165, 1.54) is 0 Å². The SMILES string of the molecule is CCNC(=NCc1cc(OC)c(OC)c(OC)c1)NCc1cccc(OCCN(C)C)c1. The highest BCUT2D eigenvalue weighted by Crippen LogP contribution is 2.38. The smallest absolute Gasteiger partial charge is 0.203 e. The van der Waals surface area contributed by atoms with Gasteiger partial charge in [-0.2, -0.15) is 0 Å². The molecular weight excluding hydrogens is 408 g/mol. The first-order valence-electron chi connectivity index (χ1n) is 10.7. The molecule has 0 aliphatic heterocycles. The summed E-state index contributed by atoms with van der Waals surface area (Å²) in [5.74, 6) is 3.38. The first kappa shape index (κ1) is 25.1. The summed E-state index contributed by atoms with van der Waals surface area (Å²) in [6.45, 7) is 5.42. The maximum Gasteiger partial charge on any atom is 0.203 e. The molecule has 0 heterocycles. The average Bonchev–Trinajstić information content (AvgIpc) is 2.80. The summed E-state index contributed by atoms with van der Waals surface area (Å²) in [5.41, 5.74) is 2.07. The number of ether oxygens (including phenoxy) is 4. The van der Waals surface area contributed by atoms with Gasteiger partial charge in [0, 0.05) is 19.6 Å². The molecule has 8 nitrogen and oxygen atoms in total. The van der Waals surface area contributed by atoms with E-state index in [9.17, 15) is 0 Å². The van der Waals surface area contributed by atoms with Gasteiger partial charge in [0.1, 0.15) is 12.4 Å². The zero-order chi connectivity index (χ0) is 23.3. The molecule has 0 atom stereocenters. The van der Waals surface area contributed by atoms with Crippen molar-refractivity contribution >= 4 is 5.96 Å². The van der Waals surface area contributed by atoms with E-state index in [2.05, 4.69) is 21.6 Å². The molecule has 0 aliphatic rings. The van der Waals surface area contributed by atoms with E-state index < -0.39 is 0 Å². The lowest BCUT2D eigenvalue weighted by molar-refractivity contribution is 0.261. The number of rotatable bonds is 12. The molecule has 176 valence electrons. The highest BCUT2D eigenvalue weighted by molar-refractivity contribution is 5.79. The molecule has 0 aromatic heterocycles. The van der Waals surface area contributed by atoms with Gasteiger partial charge in [-0.3, -0.25) is 0 Å². The fourth-order valence-electron chi connectivity index (χ4n) is 3.02. The molecule has 8 heteroatoms. The number of benzene rings is 2. The van der Waals surface area contributed by atoms with Crippen molar-refractivity contribution in [2.45, 2.75) is 20.0 Å². The fourth-order valence-corrected chi connectivity index (χ4v) is 3.02. The van der Waals surface area contributed by atoms with Crippen molar-refractivity contribution in [3.63, 3.8) is 0 Å². The van der Waals surface area contributed by atoms with Crippen LogP contribution in [-0.4, -0.2) is 66.0 Å². The van der Waals surface area contributed by atoms with Crippen LogP contribution in [0.25, 0.3) is 0 Å². The second-order valence-corrected chi connectivity index (χ2v) is 7.38. The third-order valence-electron chi connectivity index (χ3n) is 4.65. The van der Waals surface area contributed by atoms with Crippen LogP contribution in [0.15, 0.2) is 41.4 Å². The van der Waals surface area contributed by atoms with Crippen molar-refractivity contribution in [1.29, 1.82) is 0 Å². The number of nitrogens with zero attached hydrogens (tertiary/aromatic N) is 2. The lowest BCUT2D eigenvalue weighted by Crippen LogP contribution is -2.36. The predicted molar refractivity (Wildman–Crippen MR) is 128 cm³/mol. The Balaban J connectivity index is 2.05. The van der Waals surface area contributed by atoms with Crippen molar-refractivity contribution in [3.05, 3.63) is 47.5 Å². The average molecular weight is 445 g/mol. The number of hydrogen-bond acceptors (Lipinski definition) is 6. The largest absolute Gasteiger partial charge is 0.493 e. The van der Waals surface area contributed by atoms with Crippen LogP contribution in [0.4, 0.5) is 0 Å². The summed E-state index contributed by atoms with van der Waals surface area (Å²) in [5, 5.41) is 6.66. The summed E-state index contributed by atoms with van der Waals surface area (Å²) >= 11 is 0. The van der Waals surface area contributed by atoms with Crippen molar-refractivity contribution < 1.29 is 18.9 Å². The zero-order valence-corrected chi connectivity index (χ0v) is 20.0. The molecular formula is C24H36N4O4. The molecule has 0 amide bonds. The Hall–Kier alpha value is -3.13. The molecule has 0 fully saturated rings. The quantitative estimate of drug-likeness (QED) is 0.385. The summed E-state index contributed by atoms with van der Waals surface area (Å²) in [6, 6.07) is 11.9. The molecule has 2 rings (SSSR count). The topological polar surface area (TPSA) is 76.6 Å². The molecule has 0 spiro atoms. The first-order valence-corrected chi connectivity index (χ1v) is 10.7. The number of hydrogen-bond donors (Lipinski definition) is 2. The molecule has 0 saturated carbocycles.